The van der Waals surface area contributed by atoms with Crippen LogP contribution in [-0.4, -0.2) is 62.8 Å². The average Bonchev–Trinajstić information content (AvgIpc) is 3.43. The summed E-state index contributed by atoms with van der Waals surface area (Å²) in [4.78, 5) is 29.1. The minimum absolute atomic E-state index is 0.142. The molecule has 1 N–H and O–H groups in total. The number of hydrogen-bond acceptors (Lipinski definition) is 6. The molecule has 0 radical (unpaired) electrons. The number of aromatic nitrogens is 4. The second-order valence-corrected chi connectivity index (χ2v) is 9.21. The molecule has 2 aromatic heterocycles. The van der Waals surface area contributed by atoms with Crippen molar-refractivity contribution >= 4 is 17.8 Å². The van der Waals surface area contributed by atoms with Crippen molar-refractivity contribution in [3.05, 3.63) is 60.3 Å². The third-order valence-electron chi connectivity index (χ3n) is 6.23. The maximum atomic E-state index is 12.8. The smallest absolute Gasteiger partial charge is 0.376 e. The van der Waals surface area contributed by atoms with E-state index in [0.29, 0.717) is 42.9 Å². The quantitative estimate of drug-likeness (QED) is 0.517. The fourth-order valence-electron chi connectivity index (χ4n) is 4.02. The summed E-state index contributed by atoms with van der Waals surface area (Å²) in [6, 6.07) is 6.09. The Kier molecular flexibility index (Phi) is 7.39. The van der Waals surface area contributed by atoms with Crippen LogP contribution in [-0.2, 0) is 10.9 Å². The maximum Gasteiger partial charge on any atom is 0.416 e. The Balaban J connectivity index is 0.00000102. The molecule has 0 saturated carbocycles. The summed E-state index contributed by atoms with van der Waals surface area (Å²) in [5.74, 6) is 0.816. The van der Waals surface area contributed by atoms with E-state index in [0.717, 1.165) is 12.1 Å². The number of ether oxygens (including phenoxy) is 1. The molecular formula is C25H30F3N7O2. The van der Waals surface area contributed by atoms with Gasteiger partial charge in [0.2, 0.25) is 5.95 Å². The van der Waals surface area contributed by atoms with Gasteiger partial charge in [0.25, 0.3) is 0 Å². The van der Waals surface area contributed by atoms with Crippen LogP contribution < -0.4 is 10.2 Å². The van der Waals surface area contributed by atoms with E-state index in [1.165, 1.54) is 24.9 Å². The van der Waals surface area contributed by atoms with Gasteiger partial charge in [-0.2, -0.15) is 18.2 Å². The van der Waals surface area contributed by atoms with E-state index < -0.39 is 11.7 Å². The molecule has 0 unspecified atom stereocenters. The lowest BCUT2D eigenvalue weighted by molar-refractivity contribution is -0.137. The molecule has 4 heterocycles. The standard InChI is InChI=1S/C22H22F3N7O2.C3H8/c1-14(17-9-31(13-27-17)16-5-3-15(4-6-16)22(23,24)25)28-19-26-8-7-18(29-19)32-10-21(11-34-12-21)30(2)20(32)33;1-3-2/h3-9,13-14H,10-12H2,1-2H3,(H,26,28,29);3H2,1-2H3/t14-;/m0./s1. The second kappa shape index (κ2) is 10.4. The molecule has 2 saturated heterocycles. The molecule has 2 amide bonds. The Morgan fingerprint density at radius 3 is 2.38 bits per heavy atom. The van der Waals surface area contributed by atoms with Gasteiger partial charge in [0.15, 0.2) is 0 Å². The predicted octanol–water partition coefficient (Wildman–Crippen LogP) is 4.91. The predicted molar refractivity (Wildman–Crippen MR) is 133 cm³/mol. The summed E-state index contributed by atoms with van der Waals surface area (Å²) in [7, 11) is 1.76. The normalized spacial score (nSPS) is 17.3. The number of halogens is 3. The minimum atomic E-state index is -4.38. The first-order valence-electron chi connectivity index (χ1n) is 12.0. The molecule has 2 aliphatic rings. The second-order valence-electron chi connectivity index (χ2n) is 9.21. The summed E-state index contributed by atoms with van der Waals surface area (Å²) < 4.78 is 45.4. The molecule has 0 aliphatic carbocycles. The lowest BCUT2D eigenvalue weighted by Crippen LogP contribution is -2.60. The summed E-state index contributed by atoms with van der Waals surface area (Å²) >= 11 is 0. The lowest BCUT2D eigenvalue weighted by Gasteiger charge is -2.41. The Hall–Kier alpha value is -3.67. The van der Waals surface area contributed by atoms with Crippen molar-refractivity contribution in [1.29, 1.82) is 0 Å². The van der Waals surface area contributed by atoms with Crippen molar-refractivity contribution < 1.29 is 22.7 Å². The first-order valence-corrected chi connectivity index (χ1v) is 12.0. The lowest BCUT2D eigenvalue weighted by atomic mass is 9.97. The van der Waals surface area contributed by atoms with Crippen molar-refractivity contribution in [3.8, 4) is 5.69 Å². The Morgan fingerprint density at radius 2 is 1.81 bits per heavy atom. The Bertz CT molecular complexity index is 1230. The molecular weight excluding hydrogens is 487 g/mol. The van der Waals surface area contributed by atoms with E-state index in [-0.39, 0.29) is 17.6 Å². The van der Waals surface area contributed by atoms with E-state index in [9.17, 15) is 18.0 Å². The number of rotatable bonds is 5. The third kappa shape index (κ3) is 5.38. The number of nitrogens with one attached hydrogen (secondary N) is 1. The zero-order chi connectivity index (χ0) is 26.8. The molecule has 0 bridgehead atoms. The number of carbonyl (C=O) groups is 1. The highest BCUT2D eigenvalue weighted by Gasteiger charge is 2.53. The number of likely N-dealkylation sites (N-methyl/N-ethyl adjacent to an activating group) is 1. The Morgan fingerprint density at radius 1 is 1.14 bits per heavy atom. The Labute approximate surface area is 213 Å². The van der Waals surface area contributed by atoms with Crippen molar-refractivity contribution in [1.82, 2.24) is 24.4 Å². The number of urea groups is 1. The highest BCUT2D eigenvalue weighted by atomic mass is 19.4. The van der Waals surface area contributed by atoms with Gasteiger partial charge >= 0.3 is 12.2 Å². The molecule has 1 atom stereocenters. The van der Waals surface area contributed by atoms with Crippen LogP contribution in [0.25, 0.3) is 5.69 Å². The van der Waals surface area contributed by atoms with Crippen LogP contribution in [0, 0.1) is 0 Å². The van der Waals surface area contributed by atoms with E-state index in [1.807, 2.05) is 6.92 Å². The van der Waals surface area contributed by atoms with Crippen LogP contribution in [0.4, 0.5) is 29.7 Å². The zero-order valence-corrected chi connectivity index (χ0v) is 21.2. The largest absolute Gasteiger partial charge is 0.416 e. The fraction of sp³-hybridized carbons (Fsp3) is 0.440. The molecule has 9 nitrogen and oxygen atoms in total. The van der Waals surface area contributed by atoms with Crippen LogP contribution in [0.15, 0.2) is 49.1 Å². The van der Waals surface area contributed by atoms with Crippen LogP contribution >= 0.6 is 0 Å². The van der Waals surface area contributed by atoms with Gasteiger partial charge < -0.3 is 19.5 Å². The fourth-order valence-corrected chi connectivity index (χ4v) is 4.02. The van der Waals surface area contributed by atoms with Gasteiger partial charge in [-0.3, -0.25) is 4.90 Å². The molecule has 3 aromatic rings. The van der Waals surface area contributed by atoms with Crippen molar-refractivity contribution in [2.45, 2.75) is 44.9 Å². The number of nitrogens with zero attached hydrogens (tertiary/aromatic N) is 6. The van der Waals surface area contributed by atoms with Crippen LogP contribution in [0.1, 0.15) is 44.5 Å². The van der Waals surface area contributed by atoms with Crippen LogP contribution in [0.2, 0.25) is 0 Å². The average molecular weight is 518 g/mol. The van der Waals surface area contributed by atoms with Crippen molar-refractivity contribution in [3.63, 3.8) is 0 Å². The maximum absolute atomic E-state index is 12.8. The minimum Gasteiger partial charge on any atom is -0.376 e. The number of amides is 2. The summed E-state index contributed by atoms with van der Waals surface area (Å²) in [6.45, 7) is 7.61. The van der Waals surface area contributed by atoms with E-state index in [2.05, 4.69) is 34.1 Å². The highest BCUT2D eigenvalue weighted by Crippen LogP contribution is 2.34. The molecule has 5 rings (SSSR count). The molecule has 1 aromatic carbocycles. The summed E-state index contributed by atoms with van der Waals surface area (Å²) in [5.41, 5.74) is 0.190. The first-order chi connectivity index (χ1) is 17.6. The highest BCUT2D eigenvalue weighted by molar-refractivity contribution is 5.94. The topological polar surface area (TPSA) is 88.4 Å². The number of carbonyl (C=O) groups excluding carboxylic acids is 1. The van der Waals surface area contributed by atoms with E-state index in [4.69, 9.17) is 4.74 Å². The van der Waals surface area contributed by atoms with Gasteiger partial charge in [0.05, 0.1) is 43.4 Å². The van der Waals surface area contributed by atoms with E-state index in [1.54, 1.807) is 39.9 Å². The molecule has 2 aliphatic heterocycles. The van der Waals surface area contributed by atoms with Gasteiger partial charge in [0.1, 0.15) is 11.4 Å². The van der Waals surface area contributed by atoms with E-state index >= 15 is 0 Å². The molecule has 1 spiro atoms. The van der Waals surface area contributed by atoms with Crippen molar-refractivity contribution in [2.24, 2.45) is 0 Å². The zero-order valence-electron chi connectivity index (χ0n) is 21.2. The van der Waals surface area contributed by atoms with Gasteiger partial charge in [-0.1, -0.05) is 20.3 Å². The monoisotopic (exact) mass is 517 g/mol. The number of anilines is 2. The number of benzene rings is 1. The van der Waals surface area contributed by atoms with Gasteiger partial charge in [-0.05, 0) is 37.3 Å². The summed E-state index contributed by atoms with van der Waals surface area (Å²) in [6.07, 6.45) is 1.70. The molecule has 37 heavy (non-hydrogen) atoms. The van der Waals surface area contributed by atoms with Crippen LogP contribution in [0.5, 0.6) is 0 Å². The molecule has 198 valence electrons. The number of imidazole rings is 1. The number of alkyl halides is 3. The third-order valence-corrected chi connectivity index (χ3v) is 6.23. The van der Waals surface area contributed by atoms with Gasteiger partial charge in [-0.25, -0.2) is 14.8 Å². The number of hydrogen-bond donors (Lipinski definition) is 1. The first kappa shape index (κ1) is 26.4. The van der Waals surface area contributed by atoms with Crippen molar-refractivity contribution in [2.75, 3.05) is 37.0 Å². The SMILES string of the molecule is CCC.C[C@H](Nc1nccc(N2CC3(COC3)N(C)C2=O)n1)c1cn(-c2ccc(C(F)(F)F)cc2)cn1. The molecule has 2 fully saturated rings. The molecule has 12 heteroatoms. The van der Waals surface area contributed by atoms with Crippen LogP contribution in [0.3, 0.4) is 0 Å². The van der Waals surface area contributed by atoms with Gasteiger partial charge in [-0.15, -0.1) is 0 Å². The van der Waals surface area contributed by atoms with Gasteiger partial charge in [0, 0.05) is 25.1 Å². The summed E-state index contributed by atoms with van der Waals surface area (Å²) in [5, 5.41) is 3.17.